The molecule has 5 nitrogen and oxygen atoms in total. The number of aromatic nitrogens is 1. The third kappa shape index (κ3) is 2.26. The molecule has 5 heteroatoms. The minimum absolute atomic E-state index is 0.00874. The number of hydrogen-bond donors (Lipinski definition) is 1. The second-order valence-corrected chi connectivity index (χ2v) is 6.82. The van der Waals surface area contributed by atoms with Crippen LogP contribution in [0, 0.1) is 0 Å². The van der Waals surface area contributed by atoms with E-state index < -0.39 is 0 Å². The fraction of sp³-hybridized carbons (Fsp3) is 0.526. The van der Waals surface area contributed by atoms with Crippen LogP contribution in [0.25, 0.3) is 10.9 Å². The maximum absolute atomic E-state index is 13.0. The average molecular weight is 327 g/mol. The van der Waals surface area contributed by atoms with E-state index in [2.05, 4.69) is 24.0 Å². The third-order valence-electron chi connectivity index (χ3n) is 5.45. The first-order valence-electron chi connectivity index (χ1n) is 9.02. The van der Waals surface area contributed by atoms with Crippen molar-refractivity contribution in [3.63, 3.8) is 0 Å². The highest BCUT2D eigenvalue weighted by Crippen LogP contribution is 2.40. The number of unbranched alkanes of at least 4 members (excludes halogenated alkanes) is 1. The molecule has 1 aromatic carbocycles. The predicted octanol–water partition coefficient (Wildman–Crippen LogP) is 2.62. The zero-order valence-electron chi connectivity index (χ0n) is 14.2. The van der Waals surface area contributed by atoms with Gasteiger partial charge in [-0.2, -0.15) is 0 Å². The lowest BCUT2D eigenvalue weighted by Crippen LogP contribution is -2.51. The van der Waals surface area contributed by atoms with Crippen molar-refractivity contribution in [2.24, 2.45) is 0 Å². The molecular formula is C19H25N3O2. The number of para-hydroxylation sites is 1. The van der Waals surface area contributed by atoms with Gasteiger partial charge in [-0.1, -0.05) is 31.5 Å². The Morgan fingerprint density at radius 3 is 2.88 bits per heavy atom. The molecule has 0 aliphatic carbocycles. The summed E-state index contributed by atoms with van der Waals surface area (Å²) in [6.45, 7) is 5.43. The van der Waals surface area contributed by atoms with Crippen molar-refractivity contribution < 1.29 is 9.90 Å². The molecule has 0 fully saturated rings. The SMILES string of the molecule is CCCCN1CCc2c3n(c4ccccc24)C(=O)N(CCO)CC31. The number of rotatable bonds is 5. The molecule has 2 aromatic rings. The van der Waals surface area contributed by atoms with Gasteiger partial charge < -0.3 is 10.0 Å². The molecule has 1 aromatic heterocycles. The second-order valence-electron chi connectivity index (χ2n) is 6.82. The number of aliphatic hydroxyl groups is 1. The van der Waals surface area contributed by atoms with Crippen LogP contribution >= 0.6 is 0 Å². The molecule has 0 saturated carbocycles. The van der Waals surface area contributed by atoms with Gasteiger partial charge in [-0.3, -0.25) is 9.47 Å². The minimum Gasteiger partial charge on any atom is -0.395 e. The van der Waals surface area contributed by atoms with Gasteiger partial charge in [-0.05, 0) is 31.0 Å². The molecule has 2 aliphatic heterocycles. The summed E-state index contributed by atoms with van der Waals surface area (Å²) in [5.41, 5.74) is 3.55. The Labute approximate surface area is 142 Å². The highest BCUT2D eigenvalue weighted by atomic mass is 16.3. The number of amides is 1. The molecule has 1 amide bonds. The van der Waals surface area contributed by atoms with Gasteiger partial charge in [-0.15, -0.1) is 0 Å². The summed E-state index contributed by atoms with van der Waals surface area (Å²) in [5.74, 6) is 0. The molecule has 1 N–H and O–H groups in total. The molecule has 0 saturated heterocycles. The summed E-state index contributed by atoms with van der Waals surface area (Å²) in [6, 6.07) is 8.49. The Morgan fingerprint density at radius 1 is 1.25 bits per heavy atom. The number of carbonyl (C=O) groups is 1. The van der Waals surface area contributed by atoms with Gasteiger partial charge >= 0.3 is 6.03 Å². The molecule has 0 bridgehead atoms. The summed E-state index contributed by atoms with van der Waals surface area (Å²) in [7, 11) is 0. The van der Waals surface area contributed by atoms with Gasteiger partial charge in [0, 0.05) is 25.0 Å². The predicted molar refractivity (Wildman–Crippen MR) is 94.3 cm³/mol. The van der Waals surface area contributed by atoms with Crippen LogP contribution < -0.4 is 0 Å². The lowest BCUT2D eigenvalue weighted by atomic mass is 9.95. The van der Waals surface area contributed by atoms with Crippen LogP contribution in [-0.2, 0) is 6.42 Å². The zero-order valence-corrected chi connectivity index (χ0v) is 14.2. The van der Waals surface area contributed by atoms with Crippen molar-refractivity contribution in [2.75, 3.05) is 32.8 Å². The van der Waals surface area contributed by atoms with Gasteiger partial charge in [0.2, 0.25) is 0 Å². The molecular weight excluding hydrogens is 302 g/mol. The first-order chi connectivity index (χ1) is 11.8. The third-order valence-corrected chi connectivity index (χ3v) is 5.45. The normalized spacial score (nSPS) is 20.7. The van der Waals surface area contributed by atoms with Gasteiger partial charge in [0.1, 0.15) is 0 Å². The van der Waals surface area contributed by atoms with Crippen LogP contribution in [-0.4, -0.2) is 58.3 Å². The number of carbonyl (C=O) groups excluding carboxylic acids is 1. The quantitative estimate of drug-likeness (QED) is 0.918. The maximum atomic E-state index is 13.0. The van der Waals surface area contributed by atoms with E-state index in [1.807, 2.05) is 16.7 Å². The van der Waals surface area contributed by atoms with Crippen molar-refractivity contribution in [3.05, 3.63) is 35.5 Å². The average Bonchev–Trinajstić information content (AvgIpc) is 2.94. The first kappa shape index (κ1) is 15.7. The fourth-order valence-corrected chi connectivity index (χ4v) is 4.30. The van der Waals surface area contributed by atoms with Gasteiger partial charge in [0.15, 0.2) is 0 Å². The summed E-state index contributed by atoms with van der Waals surface area (Å²) in [4.78, 5) is 17.3. The van der Waals surface area contributed by atoms with Crippen LogP contribution in [0.3, 0.4) is 0 Å². The summed E-state index contributed by atoms with van der Waals surface area (Å²) >= 11 is 0. The molecule has 1 atom stereocenters. The Balaban J connectivity index is 1.86. The van der Waals surface area contributed by atoms with E-state index >= 15 is 0 Å². The topological polar surface area (TPSA) is 48.7 Å². The van der Waals surface area contributed by atoms with Crippen molar-refractivity contribution >= 4 is 16.9 Å². The lowest BCUT2D eigenvalue weighted by molar-refractivity contribution is 0.104. The van der Waals surface area contributed by atoms with E-state index in [0.29, 0.717) is 13.1 Å². The van der Waals surface area contributed by atoms with Crippen LogP contribution in [0.5, 0.6) is 0 Å². The van der Waals surface area contributed by atoms with E-state index in [4.69, 9.17) is 0 Å². The van der Waals surface area contributed by atoms with Crippen LogP contribution in [0.4, 0.5) is 4.79 Å². The number of aliphatic hydroxyl groups excluding tert-OH is 1. The molecule has 3 heterocycles. The van der Waals surface area contributed by atoms with E-state index in [0.717, 1.165) is 25.0 Å². The number of fused-ring (bicyclic) bond motifs is 3. The first-order valence-corrected chi connectivity index (χ1v) is 9.02. The Hall–Kier alpha value is -1.85. The highest BCUT2D eigenvalue weighted by Gasteiger charge is 2.40. The second kappa shape index (κ2) is 6.22. The fourth-order valence-electron chi connectivity index (χ4n) is 4.30. The van der Waals surface area contributed by atoms with Gasteiger partial charge in [0.05, 0.1) is 23.9 Å². The van der Waals surface area contributed by atoms with Crippen LogP contribution in [0.15, 0.2) is 24.3 Å². The maximum Gasteiger partial charge on any atom is 0.329 e. The van der Waals surface area contributed by atoms with Crippen LogP contribution in [0.2, 0.25) is 0 Å². The number of benzene rings is 1. The Morgan fingerprint density at radius 2 is 2.08 bits per heavy atom. The molecule has 0 radical (unpaired) electrons. The van der Waals surface area contributed by atoms with Crippen molar-refractivity contribution in [1.29, 1.82) is 0 Å². The molecule has 0 spiro atoms. The number of β-amino-alcohol motifs (C(OH)–C–C–N with tert-alkyl or cyclic N) is 1. The number of hydrogen-bond acceptors (Lipinski definition) is 3. The van der Waals surface area contributed by atoms with Gasteiger partial charge in [-0.25, -0.2) is 4.79 Å². The Kier molecular flexibility index (Phi) is 4.06. The van der Waals surface area contributed by atoms with Crippen molar-refractivity contribution in [1.82, 2.24) is 14.4 Å². The summed E-state index contributed by atoms with van der Waals surface area (Å²) in [5, 5.41) is 10.6. The lowest BCUT2D eigenvalue weighted by Gasteiger charge is -2.43. The smallest absolute Gasteiger partial charge is 0.329 e. The van der Waals surface area contributed by atoms with Crippen molar-refractivity contribution in [2.45, 2.75) is 32.2 Å². The van der Waals surface area contributed by atoms with E-state index in [1.165, 1.54) is 29.5 Å². The summed E-state index contributed by atoms with van der Waals surface area (Å²) < 4.78 is 1.91. The molecule has 2 aliphatic rings. The van der Waals surface area contributed by atoms with E-state index in [-0.39, 0.29) is 18.7 Å². The number of nitrogens with zero attached hydrogens (tertiary/aromatic N) is 3. The standard InChI is InChI=1S/C19H25N3O2/c1-2-3-9-20-10-8-15-14-6-4-5-7-16(14)22-18(15)17(20)13-21(11-12-23)19(22)24/h4-7,17,23H,2-3,8-13H2,1H3. The summed E-state index contributed by atoms with van der Waals surface area (Å²) in [6.07, 6.45) is 3.37. The van der Waals surface area contributed by atoms with Gasteiger partial charge in [0.25, 0.3) is 0 Å². The van der Waals surface area contributed by atoms with Crippen LogP contribution in [0.1, 0.15) is 37.1 Å². The molecule has 128 valence electrons. The molecule has 24 heavy (non-hydrogen) atoms. The largest absolute Gasteiger partial charge is 0.395 e. The molecule has 1 unspecified atom stereocenters. The van der Waals surface area contributed by atoms with Crippen molar-refractivity contribution in [3.8, 4) is 0 Å². The monoisotopic (exact) mass is 327 g/mol. The van der Waals surface area contributed by atoms with E-state index in [9.17, 15) is 9.90 Å². The minimum atomic E-state index is 0.00874. The zero-order chi connectivity index (χ0) is 16.7. The molecule has 4 rings (SSSR count). The Bertz CT molecular complexity index is 767. The highest BCUT2D eigenvalue weighted by molar-refractivity contribution is 5.96. The van der Waals surface area contributed by atoms with E-state index in [1.54, 1.807) is 4.90 Å².